The van der Waals surface area contributed by atoms with E-state index in [1.54, 1.807) is 6.20 Å². The molecule has 1 aliphatic heterocycles. The molecule has 37 heavy (non-hydrogen) atoms. The first-order valence-corrected chi connectivity index (χ1v) is 13.6. The molecule has 0 radical (unpaired) electrons. The van der Waals surface area contributed by atoms with E-state index in [9.17, 15) is 0 Å². The highest BCUT2D eigenvalue weighted by atomic mass is 35.5. The molecule has 8 nitrogen and oxygen atoms in total. The monoisotopic (exact) mass is 536 g/mol. The molecular weight excluding hydrogens is 507 g/mol. The lowest BCUT2D eigenvalue weighted by atomic mass is 10.2. The number of anilines is 5. The number of rotatable bonds is 6. The fourth-order valence-corrected chi connectivity index (χ4v) is 5.72. The van der Waals surface area contributed by atoms with Gasteiger partial charge in [-0.05, 0) is 56.3 Å². The zero-order chi connectivity index (χ0) is 25.4. The van der Waals surface area contributed by atoms with Crippen LogP contribution < -0.4 is 15.5 Å². The molecule has 2 aliphatic rings. The Morgan fingerprint density at radius 2 is 1.57 bits per heavy atom. The zero-order valence-corrected chi connectivity index (χ0v) is 22.3. The maximum Gasteiger partial charge on any atom is 0.229 e. The molecule has 2 aromatic heterocycles. The minimum Gasteiger partial charge on any atom is -0.369 e. The fourth-order valence-electron chi connectivity index (χ4n) is 5.23. The molecule has 0 amide bonds. The first-order chi connectivity index (χ1) is 18.0. The minimum absolute atomic E-state index is 0.305. The van der Waals surface area contributed by atoms with Gasteiger partial charge >= 0.3 is 0 Å². The van der Waals surface area contributed by atoms with Crippen LogP contribution in [0.3, 0.4) is 0 Å². The van der Waals surface area contributed by atoms with Gasteiger partial charge in [0, 0.05) is 43.6 Å². The fraction of sp³-hybridized carbons (Fsp3) is 0.370. The third-order valence-corrected chi connectivity index (χ3v) is 7.94. The molecule has 6 rings (SSSR count). The molecule has 2 N–H and O–H groups in total. The molecule has 0 bridgehead atoms. The van der Waals surface area contributed by atoms with Crippen molar-refractivity contribution in [2.24, 2.45) is 0 Å². The predicted octanol–water partition coefficient (Wildman–Crippen LogP) is 6.49. The number of benzene rings is 2. The molecule has 1 saturated heterocycles. The molecular formula is C27H30Cl2N8. The Kier molecular flexibility index (Phi) is 6.80. The van der Waals surface area contributed by atoms with Crippen molar-refractivity contribution in [2.75, 3.05) is 48.8 Å². The van der Waals surface area contributed by atoms with Crippen LogP contribution in [0.4, 0.5) is 29.0 Å². The minimum atomic E-state index is 0.305. The van der Waals surface area contributed by atoms with E-state index in [0.717, 1.165) is 55.9 Å². The van der Waals surface area contributed by atoms with E-state index in [0.29, 0.717) is 33.7 Å². The van der Waals surface area contributed by atoms with E-state index < -0.39 is 0 Å². The number of para-hydroxylation sites is 1. The Hall–Kier alpha value is -3.07. The van der Waals surface area contributed by atoms with Crippen molar-refractivity contribution in [1.29, 1.82) is 0 Å². The van der Waals surface area contributed by atoms with Crippen LogP contribution in [-0.4, -0.2) is 57.6 Å². The number of fused-ring (bicyclic) bond motifs is 1. The summed E-state index contributed by atoms with van der Waals surface area (Å²) in [4.78, 5) is 19.1. The van der Waals surface area contributed by atoms with Crippen LogP contribution in [0.25, 0.3) is 11.2 Å². The summed E-state index contributed by atoms with van der Waals surface area (Å²) in [5.74, 6) is 1.22. The second-order valence-corrected chi connectivity index (χ2v) is 10.6. The van der Waals surface area contributed by atoms with E-state index in [4.69, 9.17) is 33.2 Å². The van der Waals surface area contributed by atoms with Gasteiger partial charge in [0.1, 0.15) is 5.52 Å². The normalized spacial score (nSPS) is 17.0. The number of hydrogen-bond acceptors (Lipinski definition) is 7. The van der Waals surface area contributed by atoms with Crippen molar-refractivity contribution in [2.45, 2.75) is 31.7 Å². The van der Waals surface area contributed by atoms with E-state index >= 15 is 0 Å². The molecule has 2 fully saturated rings. The number of piperazine rings is 1. The van der Waals surface area contributed by atoms with Crippen LogP contribution in [0.1, 0.15) is 31.7 Å². The summed E-state index contributed by atoms with van der Waals surface area (Å²) in [6.07, 6.45) is 6.31. The molecule has 1 saturated carbocycles. The van der Waals surface area contributed by atoms with Gasteiger partial charge in [-0.1, -0.05) is 42.1 Å². The van der Waals surface area contributed by atoms with Crippen molar-refractivity contribution in [3.8, 4) is 0 Å². The predicted molar refractivity (Wildman–Crippen MR) is 152 cm³/mol. The average molecular weight is 537 g/mol. The lowest BCUT2D eigenvalue weighted by Gasteiger charge is -2.34. The Labute approximate surface area is 226 Å². The average Bonchev–Trinajstić information content (AvgIpc) is 3.55. The Bertz CT molecular complexity index is 1370. The Morgan fingerprint density at radius 1 is 0.865 bits per heavy atom. The summed E-state index contributed by atoms with van der Waals surface area (Å²) in [5, 5.41) is 7.85. The van der Waals surface area contributed by atoms with Crippen LogP contribution in [0, 0.1) is 0 Å². The zero-order valence-electron chi connectivity index (χ0n) is 20.8. The number of likely N-dealkylation sites (N-methyl/N-ethyl adjacent to an activating group) is 1. The number of halogens is 2. The van der Waals surface area contributed by atoms with Gasteiger partial charge in [-0.2, -0.15) is 4.98 Å². The standard InChI is InChI=1S/C27H30Cl2N8/c1-35-13-15-36(16-14-35)19-11-9-18(10-12-19)31-26-30-17-23-25(34-26)37(20-5-2-3-6-20)27(32-23)33-24-21(28)7-4-8-22(24)29/h4,7-12,17,20H,2-3,5-6,13-16H2,1H3,(H,32,33)(H,30,31,34). The van der Waals surface area contributed by atoms with E-state index in [1.165, 1.54) is 18.5 Å². The Morgan fingerprint density at radius 3 is 2.27 bits per heavy atom. The van der Waals surface area contributed by atoms with Crippen molar-refractivity contribution < 1.29 is 0 Å². The molecule has 4 aromatic rings. The molecule has 3 heterocycles. The van der Waals surface area contributed by atoms with E-state index in [2.05, 4.69) is 61.3 Å². The number of imidazole rings is 1. The second kappa shape index (κ2) is 10.4. The highest BCUT2D eigenvalue weighted by Gasteiger charge is 2.25. The third kappa shape index (κ3) is 5.06. The van der Waals surface area contributed by atoms with Crippen molar-refractivity contribution in [3.63, 3.8) is 0 Å². The van der Waals surface area contributed by atoms with Gasteiger partial charge in [0.25, 0.3) is 0 Å². The largest absolute Gasteiger partial charge is 0.369 e. The quantitative estimate of drug-likeness (QED) is 0.291. The van der Waals surface area contributed by atoms with Crippen LogP contribution in [0.5, 0.6) is 0 Å². The van der Waals surface area contributed by atoms with Crippen molar-refractivity contribution in [1.82, 2.24) is 24.4 Å². The number of aromatic nitrogens is 4. The van der Waals surface area contributed by atoms with E-state index in [1.807, 2.05) is 18.2 Å². The van der Waals surface area contributed by atoms with Gasteiger partial charge in [-0.25, -0.2) is 9.97 Å². The van der Waals surface area contributed by atoms with Crippen LogP contribution in [0.15, 0.2) is 48.7 Å². The summed E-state index contributed by atoms with van der Waals surface area (Å²) in [5.41, 5.74) is 4.36. The summed E-state index contributed by atoms with van der Waals surface area (Å²) >= 11 is 12.9. The third-order valence-electron chi connectivity index (χ3n) is 7.31. The van der Waals surface area contributed by atoms with Crippen LogP contribution in [0.2, 0.25) is 10.0 Å². The number of nitrogens with zero attached hydrogens (tertiary/aromatic N) is 6. The summed E-state index contributed by atoms with van der Waals surface area (Å²) in [6.45, 7) is 4.26. The molecule has 2 aromatic carbocycles. The summed E-state index contributed by atoms with van der Waals surface area (Å²) in [7, 11) is 2.17. The van der Waals surface area contributed by atoms with Gasteiger partial charge < -0.3 is 20.4 Å². The molecule has 192 valence electrons. The molecule has 1 aliphatic carbocycles. The van der Waals surface area contributed by atoms with Gasteiger partial charge in [0.15, 0.2) is 5.65 Å². The first kappa shape index (κ1) is 24.3. The van der Waals surface area contributed by atoms with Crippen LogP contribution in [-0.2, 0) is 0 Å². The molecule has 0 spiro atoms. The molecule has 0 unspecified atom stereocenters. The van der Waals surface area contributed by atoms with Gasteiger partial charge in [-0.3, -0.25) is 4.57 Å². The summed E-state index contributed by atoms with van der Waals surface area (Å²) < 4.78 is 2.19. The van der Waals surface area contributed by atoms with Crippen molar-refractivity contribution in [3.05, 3.63) is 58.7 Å². The smallest absolute Gasteiger partial charge is 0.229 e. The molecule has 10 heteroatoms. The number of hydrogen-bond donors (Lipinski definition) is 2. The van der Waals surface area contributed by atoms with Gasteiger partial charge in [0.2, 0.25) is 11.9 Å². The Balaban J connectivity index is 1.28. The van der Waals surface area contributed by atoms with Crippen LogP contribution >= 0.6 is 23.2 Å². The first-order valence-electron chi connectivity index (χ1n) is 12.8. The SMILES string of the molecule is CN1CCN(c2ccc(Nc3ncc4nc(Nc5c(Cl)cccc5Cl)n(C5CCCC5)c4n3)cc2)CC1. The highest BCUT2D eigenvalue weighted by Crippen LogP contribution is 2.38. The molecule has 0 atom stereocenters. The maximum absolute atomic E-state index is 6.45. The highest BCUT2D eigenvalue weighted by molar-refractivity contribution is 6.39. The number of nitrogens with one attached hydrogen (secondary N) is 2. The van der Waals surface area contributed by atoms with Crippen molar-refractivity contribution >= 4 is 63.3 Å². The topological polar surface area (TPSA) is 74.1 Å². The summed E-state index contributed by atoms with van der Waals surface area (Å²) in [6, 6.07) is 14.2. The lowest BCUT2D eigenvalue weighted by Crippen LogP contribution is -2.44. The second-order valence-electron chi connectivity index (χ2n) is 9.83. The van der Waals surface area contributed by atoms with Gasteiger partial charge in [0.05, 0.1) is 21.9 Å². The maximum atomic E-state index is 6.45. The van der Waals surface area contributed by atoms with E-state index in [-0.39, 0.29) is 0 Å². The lowest BCUT2D eigenvalue weighted by molar-refractivity contribution is 0.313. The van der Waals surface area contributed by atoms with Gasteiger partial charge in [-0.15, -0.1) is 0 Å².